The zero-order chi connectivity index (χ0) is 13.1. The predicted octanol–water partition coefficient (Wildman–Crippen LogP) is 3.00. The van der Waals surface area contributed by atoms with E-state index in [1.54, 1.807) is 11.5 Å². The lowest BCUT2D eigenvalue weighted by atomic mass is 10.2. The van der Waals surface area contributed by atoms with Crippen LogP contribution in [0.2, 0.25) is 0 Å². The maximum Gasteiger partial charge on any atom is 0.135 e. The van der Waals surface area contributed by atoms with Gasteiger partial charge in [-0.2, -0.15) is 0 Å². The Labute approximate surface area is 112 Å². The molecule has 3 rings (SSSR count). The Hall–Kier alpha value is -2.27. The average Bonchev–Trinajstić information content (AvgIpc) is 2.93. The molecule has 1 heterocycles. The minimum atomic E-state index is -1.15. The highest BCUT2D eigenvalue weighted by Gasteiger charge is 2.01. The van der Waals surface area contributed by atoms with E-state index in [1.807, 2.05) is 48.5 Å². The van der Waals surface area contributed by atoms with Crippen molar-refractivity contribution < 1.29 is 8.84 Å². The molecular formula is C14H10N2O2S. The van der Waals surface area contributed by atoms with Gasteiger partial charge in [-0.1, -0.05) is 24.3 Å². The van der Waals surface area contributed by atoms with Crippen LogP contribution < -0.4 is 0 Å². The first-order valence-electron chi connectivity index (χ1n) is 5.69. The number of hydrogen-bond acceptors (Lipinski definition) is 4. The molecule has 5 heteroatoms. The first-order chi connectivity index (χ1) is 9.33. The molecule has 1 atom stereocenters. The molecule has 2 aromatic carbocycles. The molecule has 1 aromatic heterocycles. The van der Waals surface area contributed by atoms with Crippen LogP contribution in [0.4, 0.5) is 0 Å². The number of hydrogen-bond donors (Lipinski definition) is 0. The van der Waals surface area contributed by atoms with E-state index < -0.39 is 10.8 Å². The lowest BCUT2D eigenvalue weighted by molar-refractivity contribution is 0.315. The van der Waals surface area contributed by atoms with Gasteiger partial charge in [-0.05, 0) is 46.2 Å². The van der Waals surface area contributed by atoms with E-state index in [1.165, 1.54) is 0 Å². The SMILES string of the molecule is O=S(/C=C/c1ccc2nonc2c1)c1ccccc1. The fourth-order valence-electron chi connectivity index (χ4n) is 1.68. The van der Waals surface area contributed by atoms with Crippen molar-refractivity contribution in [3.8, 4) is 0 Å². The molecule has 0 aliphatic carbocycles. The van der Waals surface area contributed by atoms with Gasteiger partial charge in [0.15, 0.2) is 0 Å². The van der Waals surface area contributed by atoms with Crippen LogP contribution in [0.1, 0.15) is 5.56 Å². The lowest BCUT2D eigenvalue weighted by Crippen LogP contribution is -1.84. The summed E-state index contributed by atoms with van der Waals surface area (Å²) in [5, 5.41) is 9.16. The average molecular weight is 270 g/mol. The standard InChI is InChI=1S/C14H10N2O2S/c17-19(12-4-2-1-3-5-12)9-8-11-6-7-13-14(10-11)16-18-15-13/h1-10H/b9-8+. The molecule has 4 nitrogen and oxygen atoms in total. The Morgan fingerprint density at radius 2 is 1.79 bits per heavy atom. The van der Waals surface area contributed by atoms with Gasteiger partial charge in [-0.25, -0.2) is 8.84 Å². The number of fused-ring (bicyclic) bond motifs is 1. The van der Waals surface area contributed by atoms with E-state index in [2.05, 4.69) is 14.9 Å². The second-order valence-electron chi connectivity index (χ2n) is 3.93. The van der Waals surface area contributed by atoms with E-state index >= 15 is 0 Å². The van der Waals surface area contributed by atoms with Gasteiger partial charge in [-0.15, -0.1) is 0 Å². The fourth-order valence-corrected chi connectivity index (χ4v) is 2.54. The number of nitrogens with zero attached hydrogens (tertiary/aromatic N) is 2. The first-order valence-corrected chi connectivity index (χ1v) is 6.90. The fraction of sp³-hybridized carbons (Fsp3) is 0. The van der Waals surface area contributed by atoms with E-state index in [4.69, 9.17) is 0 Å². The molecule has 0 spiro atoms. The smallest absolute Gasteiger partial charge is 0.135 e. The Kier molecular flexibility index (Phi) is 3.20. The maximum atomic E-state index is 12.0. The molecule has 0 amide bonds. The van der Waals surface area contributed by atoms with Crippen molar-refractivity contribution in [2.75, 3.05) is 0 Å². The summed E-state index contributed by atoms with van der Waals surface area (Å²) >= 11 is 0. The summed E-state index contributed by atoms with van der Waals surface area (Å²) in [4.78, 5) is 0.780. The predicted molar refractivity (Wildman–Crippen MR) is 73.7 cm³/mol. The molecular weight excluding hydrogens is 260 g/mol. The van der Waals surface area contributed by atoms with E-state index in [0.29, 0.717) is 11.0 Å². The van der Waals surface area contributed by atoms with Crippen LogP contribution >= 0.6 is 0 Å². The van der Waals surface area contributed by atoms with Gasteiger partial charge < -0.3 is 0 Å². The van der Waals surface area contributed by atoms with Crippen LogP contribution in [0.25, 0.3) is 17.1 Å². The summed E-state index contributed by atoms with van der Waals surface area (Å²) in [5.74, 6) is 0. The third-order valence-electron chi connectivity index (χ3n) is 2.64. The lowest BCUT2D eigenvalue weighted by Gasteiger charge is -1.95. The number of benzene rings is 2. The van der Waals surface area contributed by atoms with Gasteiger partial charge in [0.25, 0.3) is 0 Å². The maximum absolute atomic E-state index is 12.0. The number of rotatable bonds is 3. The summed E-state index contributed by atoms with van der Waals surface area (Å²) in [7, 11) is -1.15. The van der Waals surface area contributed by atoms with Crippen LogP contribution in [0.3, 0.4) is 0 Å². The van der Waals surface area contributed by atoms with Crippen molar-refractivity contribution in [3.63, 3.8) is 0 Å². The molecule has 19 heavy (non-hydrogen) atoms. The molecule has 0 saturated heterocycles. The van der Waals surface area contributed by atoms with Crippen LogP contribution in [0.5, 0.6) is 0 Å². The molecule has 0 aliphatic heterocycles. The van der Waals surface area contributed by atoms with Crippen molar-refractivity contribution in [2.24, 2.45) is 0 Å². The monoisotopic (exact) mass is 270 g/mol. The highest BCUT2D eigenvalue weighted by molar-refractivity contribution is 7.88. The largest absolute Gasteiger partial charge is 0.250 e. The van der Waals surface area contributed by atoms with Crippen LogP contribution in [0.15, 0.2) is 63.5 Å². The minimum Gasteiger partial charge on any atom is -0.250 e. The van der Waals surface area contributed by atoms with Gasteiger partial charge in [0.1, 0.15) is 11.0 Å². The van der Waals surface area contributed by atoms with Crippen molar-refractivity contribution in [1.29, 1.82) is 0 Å². The molecule has 0 bridgehead atoms. The molecule has 0 fully saturated rings. The number of aromatic nitrogens is 2. The van der Waals surface area contributed by atoms with Crippen molar-refractivity contribution in [2.45, 2.75) is 4.90 Å². The normalized spacial score (nSPS) is 13.1. The topological polar surface area (TPSA) is 56.0 Å². The summed E-state index contributed by atoms with van der Waals surface area (Å²) in [5.41, 5.74) is 2.31. The minimum absolute atomic E-state index is 0.688. The summed E-state index contributed by atoms with van der Waals surface area (Å²) in [6.45, 7) is 0. The van der Waals surface area contributed by atoms with E-state index in [0.717, 1.165) is 10.5 Å². The Morgan fingerprint density at radius 1 is 1.00 bits per heavy atom. The van der Waals surface area contributed by atoms with Crippen LogP contribution in [-0.2, 0) is 10.8 Å². The molecule has 94 valence electrons. The first kappa shape index (κ1) is 11.8. The van der Waals surface area contributed by atoms with Gasteiger partial charge in [0.05, 0.1) is 10.8 Å². The van der Waals surface area contributed by atoms with Gasteiger partial charge in [-0.3, -0.25) is 0 Å². The van der Waals surface area contributed by atoms with E-state index in [-0.39, 0.29) is 0 Å². The zero-order valence-electron chi connectivity index (χ0n) is 9.89. The van der Waals surface area contributed by atoms with Crippen LogP contribution in [0, 0.1) is 0 Å². The molecule has 0 radical (unpaired) electrons. The third-order valence-corrected chi connectivity index (χ3v) is 3.76. The molecule has 3 aromatic rings. The van der Waals surface area contributed by atoms with E-state index in [9.17, 15) is 4.21 Å². The summed E-state index contributed by atoms with van der Waals surface area (Å²) in [6.07, 6.45) is 1.80. The highest BCUT2D eigenvalue weighted by Crippen LogP contribution is 2.14. The Bertz CT molecular complexity index is 750. The van der Waals surface area contributed by atoms with Crippen molar-refractivity contribution in [3.05, 3.63) is 59.5 Å². The van der Waals surface area contributed by atoms with Gasteiger partial charge in [0.2, 0.25) is 0 Å². The van der Waals surface area contributed by atoms with Crippen molar-refractivity contribution in [1.82, 2.24) is 10.3 Å². The quantitative estimate of drug-likeness (QED) is 0.734. The molecule has 0 saturated carbocycles. The zero-order valence-corrected chi connectivity index (χ0v) is 10.7. The Balaban J connectivity index is 1.84. The highest BCUT2D eigenvalue weighted by atomic mass is 32.2. The second-order valence-corrected chi connectivity index (χ2v) is 5.26. The molecule has 0 aliphatic rings. The second kappa shape index (κ2) is 5.16. The Morgan fingerprint density at radius 3 is 2.63 bits per heavy atom. The molecule has 1 unspecified atom stereocenters. The van der Waals surface area contributed by atoms with Gasteiger partial charge >= 0.3 is 0 Å². The third kappa shape index (κ3) is 2.61. The van der Waals surface area contributed by atoms with Crippen LogP contribution in [-0.4, -0.2) is 14.5 Å². The van der Waals surface area contributed by atoms with Crippen molar-refractivity contribution >= 4 is 27.9 Å². The summed E-state index contributed by atoms with van der Waals surface area (Å²) < 4.78 is 16.6. The van der Waals surface area contributed by atoms with Gasteiger partial charge in [0, 0.05) is 10.3 Å². The molecule has 0 N–H and O–H groups in total. The summed E-state index contributed by atoms with van der Waals surface area (Å²) in [6, 6.07) is 14.8.